The molecule has 21 heavy (non-hydrogen) atoms. The lowest BCUT2D eigenvalue weighted by Crippen LogP contribution is -2.01. The Bertz CT molecular complexity index is 623. The zero-order valence-electron chi connectivity index (χ0n) is 12.1. The number of carbonyl (C=O) groups excluding carboxylic acids is 1. The third kappa shape index (κ3) is 3.70. The highest BCUT2D eigenvalue weighted by Crippen LogP contribution is 2.36. The largest absolute Gasteiger partial charge is 0.497 e. The molecule has 0 aliphatic rings. The summed E-state index contributed by atoms with van der Waals surface area (Å²) >= 11 is 1.55. The molecule has 0 unspecified atom stereocenters. The van der Waals surface area contributed by atoms with Gasteiger partial charge in [0.15, 0.2) is 0 Å². The summed E-state index contributed by atoms with van der Waals surface area (Å²) in [4.78, 5) is 13.5. The molecule has 0 spiro atoms. The molecular formula is C16H16O4S. The molecule has 2 aromatic rings. The van der Waals surface area contributed by atoms with Crippen molar-refractivity contribution in [3.8, 4) is 11.5 Å². The topological polar surface area (TPSA) is 44.8 Å². The van der Waals surface area contributed by atoms with Gasteiger partial charge in [-0.3, -0.25) is 0 Å². The second-order valence-corrected chi connectivity index (χ2v) is 5.25. The van der Waals surface area contributed by atoms with E-state index in [0.29, 0.717) is 11.3 Å². The fraction of sp³-hybridized carbons (Fsp3) is 0.188. The normalized spacial score (nSPS) is 10.0. The Kier molecular flexibility index (Phi) is 5.11. The number of methoxy groups -OCH3 is 3. The van der Waals surface area contributed by atoms with E-state index in [9.17, 15) is 4.79 Å². The average molecular weight is 304 g/mol. The highest BCUT2D eigenvalue weighted by atomic mass is 32.2. The first-order chi connectivity index (χ1) is 10.2. The Hall–Kier alpha value is -2.14. The smallest absolute Gasteiger partial charge is 0.337 e. The standard InChI is InChI=1S/C16H16O4S/c1-18-12-5-7-13(8-6-12)21-15-9-4-11(16(17)20-3)10-14(15)19-2/h4-10H,1-3H3. The van der Waals surface area contributed by atoms with Crippen LogP contribution in [0.2, 0.25) is 0 Å². The van der Waals surface area contributed by atoms with Crippen molar-refractivity contribution in [2.45, 2.75) is 9.79 Å². The summed E-state index contributed by atoms with van der Waals surface area (Å²) in [6.07, 6.45) is 0. The molecule has 0 heterocycles. The van der Waals surface area contributed by atoms with Gasteiger partial charge in [-0.15, -0.1) is 0 Å². The summed E-state index contributed by atoms with van der Waals surface area (Å²) in [7, 11) is 4.57. The molecule has 0 bridgehead atoms. The van der Waals surface area contributed by atoms with Crippen LogP contribution < -0.4 is 9.47 Å². The van der Waals surface area contributed by atoms with Crippen LogP contribution in [0.25, 0.3) is 0 Å². The summed E-state index contributed by atoms with van der Waals surface area (Å²) in [5, 5.41) is 0. The van der Waals surface area contributed by atoms with Crippen LogP contribution in [0.4, 0.5) is 0 Å². The second kappa shape index (κ2) is 7.04. The van der Waals surface area contributed by atoms with E-state index in [0.717, 1.165) is 15.5 Å². The van der Waals surface area contributed by atoms with Crippen molar-refractivity contribution < 1.29 is 19.0 Å². The summed E-state index contributed by atoms with van der Waals surface area (Å²) in [5.74, 6) is 1.07. The first-order valence-corrected chi connectivity index (χ1v) is 7.08. The molecule has 0 amide bonds. The van der Waals surface area contributed by atoms with Gasteiger partial charge in [-0.1, -0.05) is 11.8 Å². The van der Waals surface area contributed by atoms with Gasteiger partial charge in [0, 0.05) is 4.90 Å². The molecule has 2 aromatic carbocycles. The monoisotopic (exact) mass is 304 g/mol. The SMILES string of the molecule is COC(=O)c1ccc(Sc2ccc(OC)cc2)c(OC)c1. The molecule has 2 rings (SSSR count). The van der Waals surface area contributed by atoms with Gasteiger partial charge in [0.2, 0.25) is 0 Å². The Morgan fingerprint density at radius 2 is 1.67 bits per heavy atom. The first-order valence-electron chi connectivity index (χ1n) is 6.26. The van der Waals surface area contributed by atoms with Crippen LogP contribution in [0, 0.1) is 0 Å². The van der Waals surface area contributed by atoms with E-state index in [1.54, 1.807) is 38.1 Å². The number of hydrogen-bond donors (Lipinski definition) is 0. The summed E-state index contributed by atoms with van der Waals surface area (Å²) in [5.41, 5.74) is 0.466. The average Bonchev–Trinajstić information content (AvgIpc) is 2.55. The van der Waals surface area contributed by atoms with Crippen LogP contribution >= 0.6 is 11.8 Å². The molecule has 0 fully saturated rings. The minimum atomic E-state index is -0.380. The number of benzene rings is 2. The fourth-order valence-electron chi connectivity index (χ4n) is 1.77. The Morgan fingerprint density at radius 3 is 2.24 bits per heavy atom. The van der Waals surface area contributed by atoms with Gasteiger partial charge in [-0.25, -0.2) is 4.79 Å². The van der Waals surface area contributed by atoms with Gasteiger partial charge in [-0.05, 0) is 42.5 Å². The molecule has 4 nitrogen and oxygen atoms in total. The molecule has 5 heteroatoms. The number of carbonyl (C=O) groups is 1. The molecule has 0 saturated heterocycles. The molecule has 0 saturated carbocycles. The number of hydrogen-bond acceptors (Lipinski definition) is 5. The van der Waals surface area contributed by atoms with Gasteiger partial charge in [0.25, 0.3) is 0 Å². The van der Waals surface area contributed by atoms with E-state index in [1.807, 2.05) is 30.3 Å². The maximum atomic E-state index is 11.5. The van der Waals surface area contributed by atoms with Crippen LogP contribution in [-0.4, -0.2) is 27.3 Å². The van der Waals surface area contributed by atoms with E-state index in [4.69, 9.17) is 14.2 Å². The van der Waals surface area contributed by atoms with Crippen molar-refractivity contribution >= 4 is 17.7 Å². The van der Waals surface area contributed by atoms with Crippen molar-refractivity contribution in [2.75, 3.05) is 21.3 Å². The Morgan fingerprint density at radius 1 is 0.952 bits per heavy atom. The minimum absolute atomic E-state index is 0.380. The number of esters is 1. The predicted octanol–water partition coefficient (Wildman–Crippen LogP) is 3.64. The summed E-state index contributed by atoms with van der Waals surface area (Å²) < 4.78 is 15.2. The maximum Gasteiger partial charge on any atom is 0.337 e. The molecule has 0 aliphatic heterocycles. The van der Waals surface area contributed by atoms with E-state index >= 15 is 0 Å². The second-order valence-electron chi connectivity index (χ2n) is 4.13. The Labute approximate surface area is 128 Å². The zero-order valence-corrected chi connectivity index (χ0v) is 12.9. The highest BCUT2D eigenvalue weighted by Gasteiger charge is 2.11. The molecule has 110 valence electrons. The molecular weight excluding hydrogens is 288 g/mol. The van der Waals surface area contributed by atoms with Crippen molar-refractivity contribution in [3.05, 3.63) is 48.0 Å². The van der Waals surface area contributed by atoms with E-state index in [-0.39, 0.29) is 5.97 Å². The van der Waals surface area contributed by atoms with Crippen LogP contribution in [0.3, 0.4) is 0 Å². The molecule has 0 aromatic heterocycles. The van der Waals surface area contributed by atoms with Gasteiger partial charge in [0.05, 0.1) is 31.8 Å². The highest BCUT2D eigenvalue weighted by molar-refractivity contribution is 7.99. The van der Waals surface area contributed by atoms with Crippen molar-refractivity contribution in [2.24, 2.45) is 0 Å². The van der Waals surface area contributed by atoms with Gasteiger partial charge >= 0.3 is 5.97 Å². The third-order valence-corrected chi connectivity index (χ3v) is 3.94. The predicted molar refractivity (Wildman–Crippen MR) is 81.5 cm³/mol. The number of rotatable bonds is 5. The van der Waals surface area contributed by atoms with Gasteiger partial charge < -0.3 is 14.2 Å². The van der Waals surface area contributed by atoms with E-state index < -0.39 is 0 Å². The van der Waals surface area contributed by atoms with Gasteiger partial charge in [-0.2, -0.15) is 0 Å². The minimum Gasteiger partial charge on any atom is -0.497 e. The molecule has 0 atom stereocenters. The van der Waals surface area contributed by atoms with Crippen LogP contribution in [-0.2, 0) is 4.74 Å². The summed E-state index contributed by atoms with van der Waals surface area (Å²) in [6.45, 7) is 0. The van der Waals surface area contributed by atoms with E-state index in [2.05, 4.69) is 0 Å². The number of ether oxygens (including phenoxy) is 3. The lowest BCUT2D eigenvalue weighted by Gasteiger charge is -2.10. The molecule has 0 aliphatic carbocycles. The maximum absolute atomic E-state index is 11.5. The van der Waals surface area contributed by atoms with E-state index in [1.165, 1.54) is 7.11 Å². The lowest BCUT2D eigenvalue weighted by molar-refractivity contribution is 0.0600. The van der Waals surface area contributed by atoms with Crippen LogP contribution in [0.1, 0.15) is 10.4 Å². The fourth-order valence-corrected chi connectivity index (χ4v) is 2.67. The Balaban J connectivity index is 2.24. The van der Waals surface area contributed by atoms with Crippen LogP contribution in [0.5, 0.6) is 11.5 Å². The van der Waals surface area contributed by atoms with Crippen molar-refractivity contribution in [1.82, 2.24) is 0 Å². The lowest BCUT2D eigenvalue weighted by atomic mass is 10.2. The van der Waals surface area contributed by atoms with Gasteiger partial charge in [0.1, 0.15) is 11.5 Å². The van der Waals surface area contributed by atoms with Crippen LogP contribution in [0.15, 0.2) is 52.3 Å². The third-order valence-electron chi connectivity index (χ3n) is 2.87. The van der Waals surface area contributed by atoms with Crippen molar-refractivity contribution in [1.29, 1.82) is 0 Å². The quantitative estimate of drug-likeness (QED) is 0.789. The summed E-state index contributed by atoms with van der Waals surface area (Å²) in [6, 6.07) is 13.0. The zero-order chi connectivity index (χ0) is 15.2. The molecule has 0 radical (unpaired) electrons. The first kappa shape index (κ1) is 15.3. The van der Waals surface area contributed by atoms with Crippen molar-refractivity contribution in [3.63, 3.8) is 0 Å². The molecule has 0 N–H and O–H groups in total.